The van der Waals surface area contributed by atoms with Crippen LogP contribution in [0.5, 0.6) is 0 Å². The van der Waals surface area contributed by atoms with Crippen LogP contribution in [-0.4, -0.2) is 15.0 Å². The van der Waals surface area contributed by atoms with Crippen LogP contribution >= 0.6 is 0 Å². The number of hydrogen-bond donors (Lipinski definition) is 2. The third kappa shape index (κ3) is 2.20. The summed E-state index contributed by atoms with van der Waals surface area (Å²) in [6, 6.07) is 0.932. The predicted octanol–water partition coefficient (Wildman–Crippen LogP) is 1.76. The lowest BCUT2D eigenvalue weighted by Gasteiger charge is -2.23. The SMILES string of the molecule is O=c1cc(CO)c(F)c(C2CCCCC2)n1O. The van der Waals surface area contributed by atoms with E-state index in [0.29, 0.717) is 4.73 Å². The number of aromatic nitrogens is 1. The van der Waals surface area contributed by atoms with Crippen LogP contribution in [0.4, 0.5) is 4.39 Å². The average molecular weight is 241 g/mol. The van der Waals surface area contributed by atoms with Crippen molar-refractivity contribution in [2.24, 2.45) is 0 Å². The van der Waals surface area contributed by atoms with E-state index in [-0.39, 0.29) is 17.2 Å². The second-order valence-corrected chi connectivity index (χ2v) is 4.51. The molecule has 2 rings (SSSR count). The second kappa shape index (κ2) is 4.87. The van der Waals surface area contributed by atoms with Crippen molar-refractivity contribution in [3.63, 3.8) is 0 Å². The van der Waals surface area contributed by atoms with Gasteiger partial charge in [-0.05, 0) is 12.8 Å². The molecule has 0 aliphatic heterocycles. The molecule has 1 aliphatic rings. The Kier molecular flexibility index (Phi) is 3.47. The summed E-state index contributed by atoms with van der Waals surface area (Å²) in [4.78, 5) is 11.4. The van der Waals surface area contributed by atoms with E-state index in [2.05, 4.69) is 0 Å². The Hall–Kier alpha value is -1.36. The Bertz CT molecular complexity index is 464. The third-order valence-electron chi connectivity index (χ3n) is 3.40. The van der Waals surface area contributed by atoms with Gasteiger partial charge in [0.05, 0.1) is 6.61 Å². The van der Waals surface area contributed by atoms with Crippen molar-refractivity contribution in [3.05, 3.63) is 33.5 Å². The average Bonchev–Trinajstić information content (AvgIpc) is 2.35. The molecule has 4 nitrogen and oxygen atoms in total. The van der Waals surface area contributed by atoms with Crippen LogP contribution in [0.15, 0.2) is 10.9 Å². The van der Waals surface area contributed by atoms with Crippen LogP contribution in [0.1, 0.15) is 49.3 Å². The maximum absolute atomic E-state index is 14.0. The van der Waals surface area contributed by atoms with Gasteiger partial charge < -0.3 is 10.3 Å². The Morgan fingerprint density at radius 2 is 2.00 bits per heavy atom. The van der Waals surface area contributed by atoms with E-state index in [0.717, 1.165) is 38.2 Å². The number of pyridine rings is 1. The molecule has 0 amide bonds. The maximum Gasteiger partial charge on any atom is 0.283 e. The van der Waals surface area contributed by atoms with Crippen molar-refractivity contribution in [2.75, 3.05) is 0 Å². The normalized spacial score (nSPS) is 17.3. The number of halogens is 1. The molecule has 0 aromatic carbocycles. The summed E-state index contributed by atoms with van der Waals surface area (Å²) >= 11 is 0. The summed E-state index contributed by atoms with van der Waals surface area (Å²) in [5, 5.41) is 18.6. The van der Waals surface area contributed by atoms with Crippen molar-refractivity contribution in [1.29, 1.82) is 0 Å². The summed E-state index contributed by atoms with van der Waals surface area (Å²) < 4.78 is 14.4. The minimum atomic E-state index is -0.684. The Balaban J connectivity index is 2.50. The molecule has 1 aliphatic carbocycles. The van der Waals surface area contributed by atoms with E-state index in [9.17, 15) is 14.4 Å². The minimum absolute atomic E-state index is 0.0289. The van der Waals surface area contributed by atoms with Crippen molar-refractivity contribution in [2.45, 2.75) is 44.6 Å². The lowest BCUT2D eigenvalue weighted by atomic mass is 9.86. The monoisotopic (exact) mass is 241 g/mol. The van der Waals surface area contributed by atoms with Crippen LogP contribution < -0.4 is 5.56 Å². The highest BCUT2D eigenvalue weighted by molar-refractivity contribution is 5.22. The van der Waals surface area contributed by atoms with Gasteiger partial charge in [-0.3, -0.25) is 4.79 Å². The van der Waals surface area contributed by atoms with E-state index in [1.807, 2.05) is 0 Å². The molecular weight excluding hydrogens is 225 g/mol. The van der Waals surface area contributed by atoms with Crippen molar-refractivity contribution in [3.8, 4) is 0 Å². The first-order chi connectivity index (χ1) is 8.15. The quantitative estimate of drug-likeness (QED) is 0.775. The van der Waals surface area contributed by atoms with Gasteiger partial charge in [0.1, 0.15) is 5.69 Å². The van der Waals surface area contributed by atoms with Gasteiger partial charge in [-0.25, -0.2) is 4.39 Å². The third-order valence-corrected chi connectivity index (χ3v) is 3.40. The molecule has 1 aromatic heterocycles. The lowest BCUT2D eigenvalue weighted by molar-refractivity contribution is 0.149. The van der Waals surface area contributed by atoms with Gasteiger partial charge in [-0.15, -0.1) is 4.73 Å². The molecule has 0 radical (unpaired) electrons. The zero-order valence-corrected chi connectivity index (χ0v) is 9.53. The maximum atomic E-state index is 14.0. The highest BCUT2D eigenvalue weighted by Gasteiger charge is 2.25. The molecule has 0 saturated heterocycles. The highest BCUT2D eigenvalue weighted by Crippen LogP contribution is 2.33. The van der Waals surface area contributed by atoms with Gasteiger partial charge in [-0.1, -0.05) is 19.3 Å². The van der Waals surface area contributed by atoms with Gasteiger partial charge in [0.2, 0.25) is 0 Å². The zero-order chi connectivity index (χ0) is 12.4. The summed E-state index contributed by atoms with van der Waals surface area (Å²) in [6.07, 6.45) is 4.59. The molecule has 1 heterocycles. The molecule has 17 heavy (non-hydrogen) atoms. The van der Waals surface area contributed by atoms with E-state index in [4.69, 9.17) is 5.11 Å². The van der Waals surface area contributed by atoms with Crippen LogP contribution in [0.3, 0.4) is 0 Å². The first-order valence-corrected chi connectivity index (χ1v) is 5.89. The molecule has 1 fully saturated rings. The summed E-state index contributed by atoms with van der Waals surface area (Å²) in [6.45, 7) is -0.526. The van der Waals surface area contributed by atoms with E-state index < -0.39 is 18.0 Å². The summed E-state index contributed by atoms with van der Waals surface area (Å²) in [7, 11) is 0. The first-order valence-electron chi connectivity index (χ1n) is 5.89. The van der Waals surface area contributed by atoms with Gasteiger partial charge in [0, 0.05) is 17.5 Å². The molecule has 2 N–H and O–H groups in total. The fraction of sp³-hybridized carbons (Fsp3) is 0.583. The number of hydrogen-bond acceptors (Lipinski definition) is 3. The Labute approximate surface area is 98.3 Å². The smallest absolute Gasteiger partial charge is 0.283 e. The topological polar surface area (TPSA) is 62.5 Å². The largest absolute Gasteiger partial charge is 0.425 e. The van der Waals surface area contributed by atoms with E-state index in [1.54, 1.807) is 0 Å². The molecule has 5 heteroatoms. The lowest BCUT2D eigenvalue weighted by Crippen LogP contribution is -2.26. The Morgan fingerprint density at radius 3 is 2.59 bits per heavy atom. The van der Waals surface area contributed by atoms with Gasteiger partial charge in [-0.2, -0.15) is 0 Å². The van der Waals surface area contributed by atoms with E-state index >= 15 is 0 Å². The molecular formula is C12H16FNO3. The Morgan fingerprint density at radius 1 is 1.35 bits per heavy atom. The summed E-state index contributed by atoms with van der Waals surface area (Å²) in [5.41, 5.74) is -0.696. The fourth-order valence-corrected chi connectivity index (χ4v) is 2.49. The number of rotatable bonds is 2. The minimum Gasteiger partial charge on any atom is -0.425 e. The fourth-order valence-electron chi connectivity index (χ4n) is 2.49. The van der Waals surface area contributed by atoms with Crippen molar-refractivity contribution >= 4 is 0 Å². The molecule has 94 valence electrons. The van der Waals surface area contributed by atoms with Crippen LogP contribution in [0, 0.1) is 5.82 Å². The molecule has 1 aromatic rings. The first kappa shape index (κ1) is 12.1. The molecule has 1 saturated carbocycles. The van der Waals surface area contributed by atoms with Crippen molar-refractivity contribution in [1.82, 2.24) is 4.73 Å². The predicted molar refractivity (Wildman–Crippen MR) is 59.6 cm³/mol. The summed E-state index contributed by atoms with van der Waals surface area (Å²) in [5.74, 6) is -0.783. The molecule has 0 atom stereocenters. The zero-order valence-electron chi connectivity index (χ0n) is 9.53. The van der Waals surface area contributed by atoms with Crippen molar-refractivity contribution < 1.29 is 14.7 Å². The van der Waals surface area contributed by atoms with Crippen LogP contribution in [0.25, 0.3) is 0 Å². The van der Waals surface area contributed by atoms with Gasteiger partial charge >= 0.3 is 0 Å². The van der Waals surface area contributed by atoms with E-state index in [1.165, 1.54) is 0 Å². The number of aliphatic hydroxyl groups excluding tert-OH is 1. The van der Waals surface area contributed by atoms with Crippen LogP contribution in [-0.2, 0) is 6.61 Å². The standard InChI is InChI=1S/C12H16FNO3/c13-11-9(7-15)6-10(16)14(17)12(11)8-4-2-1-3-5-8/h6,8,15,17H,1-5,7H2. The number of aliphatic hydroxyl groups is 1. The molecule has 0 spiro atoms. The highest BCUT2D eigenvalue weighted by atomic mass is 19.1. The van der Waals surface area contributed by atoms with Crippen LogP contribution in [0.2, 0.25) is 0 Å². The van der Waals surface area contributed by atoms with Gasteiger partial charge in [0.25, 0.3) is 5.56 Å². The van der Waals surface area contributed by atoms with Gasteiger partial charge in [0.15, 0.2) is 5.82 Å². The number of nitrogens with zero attached hydrogens (tertiary/aromatic N) is 1. The second-order valence-electron chi connectivity index (χ2n) is 4.51. The molecule has 0 unspecified atom stereocenters. The molecule has 0 bridgehead atoms.